The van der Waals surface area contributed by atoms with Crippen molar-refractivity contribution in [1.82, 2.24) is 0 Å². The fourth-order valence-corrected chi connectivity index (χ4v) is 3.09. The van der Waals surface area contributed by atoms with Crippen LogP contribution in [0.1, 0.15) is 72.1 Å². The van der Waals surface area contributed by atoms with Crippen LogP contribution in [0, 0.1) is 13.8 Å². The molecule has 2 rings (SSSR count). The first-order valence-electron chi connectivity index (χ1n) is 8.85. The number of benzene rings is 2. The fraction of sp³-hybridized carbons (Fsp3) is 0.409. The predicted octanol–water partition coefficient (Wildman–Crippen LogP) is 5.81. The molecule has 0 bridgehead atoms. The van der Waals surface area contributed by atoms with Crippen LogP contribution in [0.3, 0.4) is 0 Å². The van der Waals surface area contributed by atoms with Gasteiger partial charge in [-0.3, -0.25) is 4.79 Å². The zero-order chi connectivity index (χ0) is 18.7. The van der Waals surface area contributed by atoms with Gasteiger partial charge in [-0.2, -0.15) is 0 Å². The summed E-state index contributed by atoms with van der Waals surface area (Å²) in [5.74, 6) is 1.39. The molecule has 0 saturated carbocycles. The Balaban J connectivity index is 2.45. The molecule has 0 aliphatic rings. The molecule has 0 spiro atoms. The molecule has 0 aromatic heterocycles. The zero-order valence-electron chi connectivity index (χ0n) is 16.4. The molecule has 0 aliphatic carbocycles. The molecular formula is C22H29NO2. The Labute approximate surface area is 151 Å². The van der Waals surface area contributed by atoms with E-state index in [2.05, 4.69) is 39.1 Å². The average molecular weight is 339 g/mol. The monoisotopic (exact) mass is 339 g/mol. The van der Waals surface area contributed by atoms with Crippen molar-refractivity contribution in [3.63, 3.8) is 0 Å². The van der Waals surface area contributed by atoms with Crippen LogP contribution in [-0.2, 0) is 0 Å². The SMILES string of the molecule is COc1cc(C)c(C(=O)Nc2c(C)cccc2C(C)C)cc1C(C)C. The standard InChI is InChI=1S/C22H29NO2/c1-13(2)17-10-8-9-15(5)21(17)23-22(24)19-12-18(14(3)4)20(25-7)11-16(19)6/h8-14H,1-7H3,(H,23,24). The summed E-state index contributed by atoms with van der Waals surface area (Å²) < 4.78 is 5.48. The number of hydrogen-bond donors (Lipinski definition) is 1. The minimum atomic E-state index is -0.0711. The number of carbonyl (C=O) groups excluding carboxylic acids is 1. The van der Waals surface area contributed by atoms with Crippen molar-refractivity contribution in [2.45, 2.75) is 53.4 Å². The summed E-state index contributed by atoms with van der Waals surface area (Å²) >= 11 is 0. The number of ether oxygens (including phenoxy) is 1. The second-order valence-electron chi connectivity index (χ2n) is 7.21. The maximum atomic E-state index is 13.0. The Morgan fingerprint density at radius 2 is 1.60 bits per heavy atom. The third kappa shape index (κ3) is 4.04. The molecular weight excluding hydrogens is 310 g/mol. The van der Waals surface area contributed by atoms with Crippen LogP contribution in [0.4, 0.5) is 5.69 Å². The largest absolute Gasteiger partial charge is 0.496 e. The van der Waals surface area contributed by atoms with E-state index >= 15 is 0 Å². The summed E-state index contributed by atoms with van der Waals surface area (Å²) in [6.07, 6.45) is 0. The van der Waals surface area contributed by atoms with E-state index < -0.39 is 0 Å². The van der Waals surface area contributed by atoms with Crippen LogP contribution in [-0.4, -0.2) is 13.0 Å². The average Bonchev–Trinajstić information content (AvgIpc) is 2.55. The normalized spacial score (nSPS) is 11.1. The van der Waals surface area contributed by atoms with Gasteiger partial charge in [-0.25, -0.2) is 0 Å². The molecule has 1 amide bonds. The van der Waals surface area contributed by atoms with Crippen LogP contribution in [0.5, 0.6) is 5.75 Å². The lowest BCUT2D eigenvalue weighted by Gasteiger charge is -2.19. The van der Waals surface area contributed by atoms with Gasteiger partial charge in [0, 0.05) is 11.3 Å². The van der Waals surface area contributed by atoms with Crippen LogP contribution in [0.15, 0.2) is 30.3 Å². The molecule has 0 aliphatic heterocycles. The number of rotatable bonds is 5. The van der Waals surface area contributed by atoms with E-state index in [0.717, 1.165) is 33.7 Å². The number of amides is 1. The summed E-state index contributed by atoms with van der Waals surface area (Å²) in [5.41, 5.74) is 5.82. The van der Waals surface area contributed by atoms with Gasteiger partial charge in [0.25, 0.3) is 5.91 Å². The number of aryl methyl sites for hydroxylation is 2. The number of methoxy groups -OCH3 is 1. The Morgan fingerprint density at radius 3 is 2.16 bits per heavy atom. The Kier molecular flexibility index (Phi) is 5.89. The quantitative estimate of drug-likeness (QED) is 0.746. The van der Waals surface area contributed by atoms with Crippen LogP contribution in [0.2, 0.25) is 0 Å². The second kappa shape index (κ2) is 7.73. The van der Waals surface area contributed by atoms with E-state index in [1.165, 1.54) is 0 Å². The van der Waals surface area contributed by atoms with E-state index in [-0.39, 0.29) is 11.8 Å². The van der Waals surface area contributed by atoms with Crippen molar-refractivity contribution in [2.24, 2.45) is 0 Å². The van der Waals surface area contributed by atoms with Gasteiger partial charge >= 0.3 is 0 Å². The highest BCUT2D eigenvalue weighted by molar-refractivity contribution is 6.06. The summed E-state index contributed by atoms with van der Waals surface area (Å²) in [6, 6.07) is 10.1. The van der Waals surface area contributed by atoms with E-state index in [4.69, 9.17) is 4.74 Å². The van der Waals surface area contributed by atoms with Gasteiger partial charge in [-0.05, 0) is 60.1 Å². The Bertz CT molecular complexity index is 776. The molecule has 0 fully saturated rings. The fourth-order valence-electron chi connectivity index (χ4n) is 3.09. The van der Waals surface area contributed by atoms with Crippen molar-refractivity contribution in [2.75, 3.05) is 12.4 Å². The highest BCUT2D eigenvalue weighted by Crippen LogP contribution is 2.31. The second-order valence-corrected chi connectivity index (χ2v) is 7.21. The van der Waals surface area contributed by atoms with E-state index in [9.17, 15) is 4.79 Å². The van der Waals surface area contributed by atoms with Gasteiger partial charge in [-0.1, -0.05) is 45.9 Å². The summed E-state index contributed by atoms with van der Waals surface area (Å²) in [5, 5.41) is 3.14. The molecule has 0 heterocycles. The Hall–Kier alpha value is -2.29. The van der Waals surface area contributed by atoms with E-state index in [0.29, 0.717) is 11.5 Å². The van der Waals surface area contributed by atoms with Crippen molar-refractivity contribution >= 4 is 11.6 Å². The smallest absolute Gasteiger partial charge is 0.255 e. The maximum absolute atomic E-state index is 13.0. The minimum Gasteiger partial charge on any atom is -0.496 e. The maximum Gasteiger partial charge on any atom is 0.255 e. The molecule has 1 N–H and O–H groups in total. The molecule has 3 heteroatoms. The third-order valence-corrected chi connectivity index (χ3v) is 4.61. The Morgan fingerprint density at radius 1 is 0.960 bits per heavy atom. The first kappa shape index (κ1) is 19.0. The molecule has 0 radical (unpaired) electrons. The van der Waals surface area contributed by atoms with E-state index in [1.54, 1.807) is 7.11 Å². The lowest BCUT2D eigenvalue weighted by Crippen LogP contribution is -2.16. The van der Waals surface area contributed by atoms with Gasteiger partial charge in [-0.15, -0.1) is 0 Å². The molecule has 0 atom stereocenters. The highest BCUT2D eigenvalue weighted by atomic mass is 16.5. The molecule has 3 nitrogen and oxygen atoms in total. The number of carbonyl (C=O) groups is 1. The van der Waals surface area contributed by atoms with Crippen molar-refractivity contribution in [1.29, 1.82) is 0 Å². The lowest BCUT2D eigenvalue weighted by molar-refractivity contribution is 0.102. The van der Waals surface area contributed by atoms with Gasteiger partial charge < -0.3 is 10.1 Å². The summed E-state index contributed by atoms with van der Waals surface area (Å²) in [7, 11) is 1.67. The minimum absolute atomic E-state index is 0.0711. The first-order chi connectivity index (χ1) is 11.8. The van der Waals surface area contributed by atoms with Crippen LogP contribution < -0.4 is 10.1 Å². The summed E-state index contributed by atoms with van der Waals surface area (Å²) in [6.45, 7) is 12.5. The van der Waals surface area contributed by atoms with Gasteiger partial charge in [0.05, 0.1) is 7.11 Å². The first-order valence-corrected chi connectivity index (χ1v) is 8.85. The van der Waals surface area contributed by atoms with Crippen molar-refractivity contribution in [3.8, 4) is 5.75 Å². The van der Waals surface area contributed by atoms with E-state index in [1.807, 2.05) is 38.1 Å². The lowest BCUT2D eigenvalue weighted by atomic mass is 9.95. The number of para-hydroxylation sites is 1. The molecule has 2 aromatic rings. The predicted molar refractivity (Wildman–Crippen MR) is 105 cm³/mol. The molecule has 0 unspecified atom stereocenters. The van der Waals surface area contributed by atoms with Gasteiger partial charge in [0.15, 0.2) is 0 Å². The molecule has 2 aromatic carbocycles. The summed E-state index contributed by atoms with van der Waals surface area (Å²) in [4.78, 5) is 13.0. The van der Waals surface area contributed by atoms with Crippen molar-refractivity contribution < 1.29 is 9.53 Å². The third-order valence-electron chi connectivity index (χ3n) is 4.61. The molecule has 25 heavy (non-hydrogen) atoms. The van der Waals surface area contributed by atoms with Crippen LogP contribution in [0.25, 0.3) is 0 Å². The molecule has 134 valence electrons. The molecule has 0 saturated heterocycles. The van der Waals surface area contributed by atoms with Gasteiger partial charge in [0.2, 0.25) is 0 Å². The number of nitrogens with one attached hydrogen (secondary N) is 1. The number of anilines is 1. The van der Waals surface area contributed by atoms with Crippen molar-refractivity contribution in [3.05, 3.63) is 58.1 Å². The number of hydrogen-bond acceptors (Lipinski definition) is 2. The zero-order valence-corrected chi connectivity index (χ0v) is 16.4. The van der Waals surface area contributed by atoms with Crippen LogP contribution >= 0.6 is 0 Å². The highest BCUT2D eigenvalue weighted by Gasteiger charge is 2.18. The van der Waals surface area contributed by atoms with Gasteiger partial charge in [0.1, 0.15) is 5.75 Å². The topological polar surface area (TPSA) is 38.3 Å².